The summed E-state index contributed by atoms with van der Waals surface area (Å²) in [5.41, 5.74) is 1.31. The first-order valence-corrected chi connectivity index (χ1v) is 12.0. The lowest BCUT2D eigenvalue weighted by atomic mass is 9.87. The minimum atomic E-state index is 0.294. The molecule has 4 nitrogen and oxygen atoms in total. The molecule has 1 saturated heterocycles. The molecule has 0 amide bonds. The fourth-order valence-corrected chi connectivity index (χ4v) is 6.42. The maximum absolute atomic E-state index is 10.4. The van der Waals surface area contributed by atoms with E-state index in [4.69, 9.17) is 0 Å². The summed E-state index contributed by atoms with van der Waals surface area (Å²) in [7, 11) is 2.23. The van der Waals surface area contributed by atoms with Gasteiger partial charge in [0.2, 0.25) is 0 Å². The molecule has 1 aromatic carbocycles. The van der Waals surface area contributed by atoms with E-state index in [9.17, 15) is 5.11 Å². The monoisotopic (exact) mass is 583 g/mol. The fraction of sp³-hybridized carbons (Fsp3) is 0.700. The van der Waals surface area contributed by atoms with Gasteiger partial charge in [0, 0.05) is 53.9 Å². The van der Waals surface area contributed by atoms with Gasteiger partial charge in [0.05, 0.1) is 3.57 Å². The van der Waals surface area contributed by atoms with Crippen LogP contribution in [0.15, 0.2) is 12.1 Å². The summed E-state index contributed by atoms with van der Waals surface area (Å²) in [5.74, 6) is 0.438. The van der Waals surface area contributed by atoms with Crippen molar-refractivity contribution in [3.05, 3.63) is 24.8 Å². The van der Waals surface area contributed by atoms with Gasteiger partial charge in [0.1, 0.15) is 5.75 Å². The molecule has 0 aromatic heterocycles. The van der Waals surface area contributed by atoms with Crippen molar-refractivity contribution in [1.82, 2.24) is 15.1 Å². The Labute approximate surface area is 185 Å². The van der Waals surface area contributed by atoms with Gasteiger partial charge in [-0.25, -0.2) is 0 Å². The number of hydrogen-bond acceptors (Lipinski definition) is 4. The molecule has 0 radical (unpaired) electrons. The average Bonchev–Trinajstić information content (AvgIpc) is 2.86. The molecule has 26 heavy (non-hydrogen) atoms. The summed E-state index contributed by atoms with van der Waals surface area (Å²) in [4.78, 5) is 5.21. The molecule has 146 valence electrons. The van der Waals surface area contributed by atoms with Crippen molar-refractivity contribution < 1.29 is 5.11 Å². The Kier molecular flexibility index (Phi) is 7.88. The van der Waals surface area contributed by atoms with E-state index in [1.54, 1.807) is 0 Å². The second kappa shape index (κ2) is 9.71. The van der Waals surface area contributed by atoms with Crippen LogP contribution in [0.3, 0.4) is 0 Å². The number of phenolic OH excluding ortho intramolecular Hbond substituents is 1. The quantitative estimate of drug-likeness (QED) is 0.406. The first kappa shape index (κ1) is 21.1. The van der Waals surface area contributed by atoms with E-state index in [2.05, 4.69) is 73.4 Å². The van der Waals surface area contributed by atoms with Gasteiger partial charge in [-0.1, -0.05) is 25.7 Å². The zero-order chi connectivity index (χ0) is 18.6. The lowest BCUT2D eigenvalue weighted by molar-refractivity contribution is 0.0279. The molecule has 3 rings (SSSR count). The van der Waals surface area contributed by atoms with Crippen molar-refractivity contribution in [3.8, 4) is 5.75 Å². The van der Waals surface area contributed by atoms with E-state index >= 15 is 0 Å². The van der Waals surface area contributed by atoms with Gasteiger partial charge in [-0.3, -0.25) is 4.90 Å². The zero-order valence-corrected chi connectivity index (χ0v) is 20.1. The van der Waals surface area contributed by atoms with Gasteiger partial charge in [0.15, 0.2) is 0 Å². The first-order chi connectivity index (χ1) is 12.5. The molecule has 1 aromatic rings. The highest BCUT2D eigenvalue weighted by Crippen LogP contribution is 2.33. The Hall–Kier alpha value is 0.360. The molecule has 2 fully saturated rings. The van der Waals surface area contributed by atoms with Crippen LogP contribution in [0.2, 0.25) is 0 Å². The van der Waals surface area contributed by atoms with Gasteiger partial charge in [-0.05, 0) is 77.2 Å². The number of likely N-dealkylation sites (N-methyl/N-ethyl adjacent to an activating group) is 1. The van der Waals surface area contributed by atoms with E-state index in [1.165, 1.54) is 68.3 Å². The van der Waals surface area contributed by atoms with Crippen LogP contribution in [0.25, 0.3) is 0 Å². The highest BCUT2D eigenvalue weighted by molar-refractivity contribution is 14.1. The van der Waals surface area contributed by atoms with E-state index in [-0.39, 0.29) is 0 Å². The highest BCUT2D eigenvalue weighted by atomic mass is 127. The van der Waals surface area contributed by atoms with Gasteiger partial charge in [-0.15, -0.1) is 0 Å². The number of phenols is 1. The summed E-state index contributed by atoms with van der Waals surface area (Å²) in [6.07, 6.45) is 8.07. The van der Waals surface area contributed by atoms with Gasteiger partial charge < -0.3 is 15.3 Å². The molecule has 6 heteroatoms. The van der Waals surface area contributed by atoms with Crippen molar-refractivity contribution in [3.63, 3.8) is 0 Å². The third-order valence-corrected chi connectivity index (χ3v) is 7.53. The molecule has 1 aliphatic heterocycles. The predicted molar refractivity (Wildman–Crippen MR) is 125 cm³/mol. The summed E-state index contributed by atoms with van der Waals surface area (Å²) in [6.45, 7) is 6.50. The van der Waals surface area contributed by atoms with E-state index in [1.807, 2.05) is 6.07 Å². The van der Waals surface area contributed by atoms with Crippen molar-refractivity contribution >= 4 is 45.2 Å². The molecule has 0 unspecified atom stereocenters. The lowest BCUT2D eigenvalue weighted by Crippen LogP contribution is -2.60. The van der Waals surface area contributed by atoms with Crippen molar-refractivity contribution in [2.75, 3.05) is 39.8 Å². The number of rotatable bonds is 5. The molecule has 1 saturated carbocycles. The molecular formula is C20H31I2N3O. The van der Waals surface area contributed by atoms with Crippen molar-refractivity contribution in [1.29, 1.82) is 0 Å². The molecule has 0 bridgehead atoms. The number of hydrogen-bond donors (Lipinski definition) is 2. The molecule has 1 aliphatic carbocycles. The maximum atomic E-state index is 10.4. The topological polar surface area (TPSA) is 38.7 Å². The number of halogens is 2. The third kappa shape index (κ3) is 5.24. The maximum Gasteiger partial charge on any atom is 0.133 e. The second-order valence-corrected chi connectivity index (χ2v) is 10.3. The standard InChI is InChI=1S/C20H31I2N3O/c1-24-8-10-25(11-9-24)20(6-4-2-3-5-7-20)15-23-14-16-12-17(21)13-18(22)19(16)26/h12-13,23,26H,2-11,14-15H2,1H3. The summed E-state index contributed by atoms with van der Waals surface area (Å²) in [5, 5.41) is 14.1. The van der Waals surface area contributed by atoms with E-state index < -0.39 is 0 Å². The third-order valence-electron chi connectivity index (χ3n) is 6.08. The normalized spacial score (nSPS) is 22.3. The van der Waals surface area contributed by atoms with Crippen LogP contribution in [-0.4, -0.2) is 60.2 Å². The fourth-order valence-electron chi connectivity index (χ4n) is 4.46. The van der Waals surface area contributed by atoms with Crippen LogP contribution in [0, 0.1) is 7.14 Å². The number of nitrogens with zero attached hydrogens (tertiary/aromatic N) is 2. The second-order valence-electron chi connectivity index (χ2n) is 7.93. The number of benzene rings is 1. The van der Waals surface area contributed by atoms with Crippen LogP contribution < -0.4 is 5.32 Å². The summed E-state index contributed by atoms with van der Waals surface area (Å²) in [6, 6.07) is 4.12. The predicted octanol–water partition coefficient (Wildman–Crippen LogP) is 4.03. The molecule has 1 heterocycles. The summed E-state index contributed by atoms with van der Waals surface area (Å²) >= 11 is 4.55. The minimum Gasteiger partial charge on any atom is -0.507 e. The van der Waals surface area contributed by atoms with E-state index in [0.717, 1.165) is 22.2 Å². The zero-order valence-electron chi connectivity index (χ0n) is 15.7. The van der Waals surface area contributed by atoms with Crippen molar-refractivity contribution in [2.45, 2.75) is 50.6 Å². The first-order valence-electron chi connectivity index (χ1n) is 9.81. The Balaban J connectivity index is 1.68. The highest BCUT2D eigenvalue weighted by Gasteiger charge is 2.37. The van der Waals surface area contributed by atoms with E-state index in [0.29, 0.717) is 11.3 Å². The van der Waals surface area contributed by atoms with Gasteiger partial charge in [0.25, 0.3) is 0 Å². The minimum absolute atomic E-state index is 0.294. The van der Waals surface area contributed by atoms with Crippen LogP contribution >= 0.6 is 45.2 Å². The summed E-state index contributed by atoms with van der Waals surface area (Å²) < 4.78 is 2.12. The van der Waals surface area contributed by atoms with Crippen LogP contribution in [0.1, 0.15) is 44.1 Å². The molecule has 2 N–H and O–H groups in total. The number of nitrogens with one attached hydrogen (secondary N) is 1. The number of aromatic hydroxyl groups is 1. The van der Waals surface area contributed by atoms with Crippen LogP contribution in [0.5, 0.6) is 5.75 Å². The Bertz CT molecular complexity index is 595. The molecule has 0 atom stereocenters. The Morgan fingerprint density at radius 1 is 1.04 bits per heavy atom. The molecular weight excluding hydrogens is 552 g/mol. The number of piperazine rings is 1. The van der Waals surface area contributed by atoms with Gasteiger partial charge >= 0.3 is 0 Å². The lowest BCUT2D eigenvalue weighted by Gasteiger charge is -2.47. The Morgan fingerprint density at radius 2 is 1.69 bits per heavy atom. The molecule has 0 spiro atoms. The largest absolute Gasteiger partial charge is 0.507 e. The SMILES string of the molecule is CN1CCN(C2(CNCc3cc(I)cc(I)c3O)CCCCCC2)CC1. The van der Waals surface area contributed by atoms with Crippen molar-refractivity contribution in [2.24, 2.45) is 0 Å². The van der Waals surface area contributed by atoms with Crippen LogP contribution in [0.4, 0.5) is 0 Å². The Morgan fingerprint density at radius 3 is 2.35 bits per heavy atom. The van der Waals surface area contributed by atoms with Gasteiger partial charge in [-0.2, -0.15) is 0 Å². The molecule has 2 aliphatic rings. The smallest absolute Gasteiger partial charge is 0.133 e. The average molecular weight is 583 g/mol. The van der Waals surface area contributed by atoms with Crippen LogP contribution in [-0.2, 0) is 6.54 Å².